The predicted molar refractivity (Wildman–Crippen MR) is 96.3 cm³/mol. The average Bonchev–Trinajstić information content (AvgIpc) is 2.60. The first kappa shape index (κ1) is 18.3. The van der Waals surface area contributed by atoms with Gasteiger partial charge in [0, 0.05) is 10.7 Å². The third-order valence-electron chi connectivity index (χ3n) is 3.66. The highest BCUT2D eigenvalue weighted by Gasteiger charge is 2.08. The number of aliphatic hydroxyl groups is 1. The zero-order chi connectivity index (χ0) is 17.4. The molecule has 0 spiro atoms. The molecule has 0 aliphatic carbocycles. The predicted octanol–water partition coefficient (Wildman–Crippen LogP) is 3.98. The smallest absolute Gasteiger partial charge is 0.325 e. The Morgan fingerprint density at radius 3 is 2.46 bits per heavy atom. The number of hydrogen-bond donors (Lipinski definition) is 2. The molecule has 1 unspecified atom stereocenters. The SMILES string of the molecule is CCOC(=O)CNc1ccc(C(O)CCc2ccc(Cl)cc2)cc1. The number of ether oxygens (including phenoxy) is 1. The summed E-state index contributed by atoms with van der Waals surface area (Å²) in [5.41, 5.74) is 2.81. The number of aryl methyl sites for hydroxylation is 1. The van der Waals surface area contributed by atoms with Crippen LogP contribution in [0.5, 0.6) is 0 Å². The van der Waals surface area contributed by atoms with Crippen molar-refractivity contribution in [2.24, 2.45) is 0 Å². The number of carbonyl (C=O) groups excluding carboxylic acids is 1. The number of halogens is 1. The molecule has 0 aromatic heterocycles. The summed E-state index contributed by atoms with van der Waals surface area (Å²) in [4.78, 5) is 11.3. The minimum absolute atomic E-state index is 0.131. The fourth-order valence-corrected chi connectivity index (χ4v) is 2.46. The number of anilines is 1. The van der Waals surface area contributed by atoms with Crippen molar-refractivity contribution in [3.63, 3.8) is 0 Å². The highest BCUT2D eigenvalue weighted by molar-refractivity contribution is 6.30. The number of nitrogens with one attached hydrogen (secondary N) is 1. The molecule has 1 atom stereocenters. The van der Waals surface area contributed by atoms with E-state index in [-0.39, 0.29) is 12.5 Å². The van der Waals surface area contributed by atoms with Gasteiger partial charge in [-0.15, -0.1) is 0 Å². The van der Waals surface area contributed by atoms with E-state index < -0.39 is 6.10 Å². The standard InChI is InChI=1S/C19H22ClNO3/c1-2-24-19(23)13-21-17-10-6-15(7-11-17)18(22)12-5-14-3-8-16(20)9-4-14/h3-4,6-11,18,21-22H,2,5,12-13H2,1H3. The van der Waals surface area contributed by atoms with Crippen molar-refractivity contribution in [1.29, 1.82) is 0 Å². The molecule has 0 amide bonds. The summed E-state index contributed by atoms with van der Waals surface area (Å²) in [5.74, 6) is -0.287. The molecule has 2 rings (SSSR count). The summed E-state index contributed by atoms with van der Waals surface area (Å²) in [7, 11) is 0. The maximum atomic E-state index is 11.3. The lowest BCUT2D eigenvalue weighted by molar-refractivity contribution is -0.140. The van der Waals surface area contributed by atoms with Crippen LogP contribution in [0.15, 0.2) is 48.5 Å². The maximum Gasteiger partial charge on any atom is 0.325 e. The summed E-state index contributed by atoms with van der Waals surface area (Å²) < 4.78 is 4.86. The fraction of sp³-hybridized carbons (Fsp3) is 0.316. The fourth-order valence-electron chi connectivity index (χ4n) is 2.33. The molecule has 0 saturated heterocycles. The van der Waals surface area contributed by atoms with Crippen molar-refractivity contribution in [2.45, 2.75) is 25.9 Å². The summed E-state index contributed by atoms with van der Waals surface area (Å²) in [5, 5.41) is 14.0. The van der Waals surface area contributed by atoms with E-state index in [0.717, 1.165) is 23.2 Å². The molecule has 0 bridgehead atoms. The Morgan fingerprint density at radius 1 is 1.17 bits per heavy atom. The van der Waals surface area contributed by atoms with Gasteiger partial charge in [0.15, 0.2) is 0 Å². The number of rotatable bonds is 8. The van der Waals surface area contributed by atoms with Crippen LogP contribution in [0, 0.1) is 0 Å². The lowest BCUT2D eigenvalue weighted by Crippen LogP contribution is -2.16. The zero-order valence-corrected chi connectivity index (χ0v) is 14.4. The molecular weight excluding hydrogens is 326 g/mol. The Balaban J connectivity index is 1.83. The third-order valence-corrected chi connectivity index (χ3v) is 3.91. The van der Waals surface area contributed by atoms with E-state index in [9.17, 15) is 9.90 Å². The molecule has 24 heavy (non-hydrogen) atoms. The Hall–Kier alpha value is -2.04. The minimum atomic E-state index is -0.528. The van der Waals surface area contributed by atoms with Gasteiger partial charge < -0.3 is 15.2 Å². The van der Waals surface area contributed by atoms with Crippen molar-refractivity contribution in [2.75, 3.05) is 18.5 Å². The molecule has 0 aliphatic heterocycles. The largest absolute Gasteiger partial charge is 0.465 e. The number of benzene rings is 2. The molecule has 0 heterocycles. The van der Waals surface area contributed by atoms with Crippen LogP contribution < -0.4 is 5.32 Å². The van der Waals surface area contributed by atoms with Crippen LogP contribution in [0.25, 0.3) is 0 Å². The summed E-state index contributed by atoms with van der Waals surface area (Å²) in [6, 6.07) is 15.1. The first-order valence-electron chi connectivity index (χ1n) is 8.00. The van der Waals surface area contributed by atoms with E-state index in [0.29, 0.717) is 18.1 Å². The highest BCUT2D eigenvalue weighted by Crippen LogP contribution is 2.21. The van der Waals surface area contributed by atoms with Gasteiger partial charge in [-0.05, 0) is 55.2 Å². The molecule has 2 aromatic carbocycles. The lowest BCUT2D eigenvalue weighted by atomic mass is 10.0. The van der Waals surface area contributed by atoms with Crippen LogP contribution >= 0.6 is 11.6 Å². The van der Waals surface area contributed by atoms with Crippen LogP contribution in [0.4, 0.5) is 5.69 Å². The van der Waals surface area contributed by atoms with Gasteiger partial charge in [0.05, 0.1) is 12.7 Å². The maximum absolute atomic E-state index is 11.3. The molecule has 4 nitrogen and oxygen atoms in total. The Morgan fingerprint density at radius 2 is 1.83 bits per heavy atom. The second-order valence-electron chi connectivity index (χ2n) is 5.46. The second kappa shape index (κ2) is 9.30. The van der Waals surface area contributed by atoms with E-state index in [2.05, 4.69) is 5.32 Å². The van der Waals surface area contributed by atoms with E-state index in [1.54, 1.807) is 6.92 Å². The first-order valence-corrected chi connectivity index (χ1v) is 8.38. The monoisotopic (exact) mass is 347 g/mol. The van der Waals surface area contributed by atoms with Crippen LogP contribution in [0.1, 0.15) is 30.6 Å². The summed E-state index contributed by atoms with van der Waals surface area (Å²) in [6.07, 6.45) is 0.887. The number of carbonyl (C=O) groups is 1. The Bertz CT molecular complexity index is 641. The van der Waals surface area contributed by atoms with Gasteiger partial charge in [0.2, 0.25) is 0 Å². The molecule has 2 aromatic rings. The lowest BCUT2D eigenvalue weighted by Gasteiger charge is -2.12. The van der Waals surface area contributed by atoms with Crippen LogP contribution in [0.3, 0.4) is 0 Å². The number of esters is 1. The first-order chi connectivity index (χ1) is 11.6. The van der Waals surface area contributed by atoms with Gasteiger partial charge in [-0.1, -0.05) is 35.9 Å². The molecule has 0 saturated carbocycles. The van der Waals surface area contributed by atoms with Gasteiger partial charge in [-0.2, -0.15) is 0 Å². The quantitative estimate of drug-likeness (QED) is 0.709. The summed E-state index contributed by atoms with van der Waals surface area (Å²) >= 11 is 5.86. The van der Waals surface area contributed by atoms with Crippen molar-refractivity contribution in [1.82, 2.24) is 0 Å². The average molecular weight is 348 g/mol. The Labute approximate surface area is 147 Å². The van der Waals surface area contributed by atoms with Crippen LogP contribution in [-0.4, -0.2) is 24.2 Å². The molecule has 0 radical (unpaired) electrons. The third kappa shape index (κ3) is 5.87. The van der Waals surface area contributed by atoms with E-state index in [1.165, 1.54) is 0 Å². The molecule has 0 aliphatic rings. The van der Waals surface area contributed by atoms with Gasteiger partial charge in [-0.25, -0.2) is 0 Å². The number of hydrogen-bond acceptors (Lipinski definition) is 4. The molecule has 5 heteroatoms. The summed E-state index contributed by atoms with van der Waals surface area (Å²) in [6.45, 7) is 2.28. The molecular formula is C19H22ClNO3. The normalized spacial score (nSPS) is 11.8. The van der Waals surface area contributed by atoms with Gasteiger partial charge in [0.1, 0.15) is 6.54 Å². The number of aliphatic hydroxyl groups excluding tert-OH is 1. The van der Waals surface area contributed by atoms with Gasteiger partial charge in [0.25, 0.3) is 0 Å². The highest BCUT2D eigenvalue weighted by atomic mass is 35.5. The molecule has 0 fully saturated rings. The topological polar surface area (TPSA) is 58.6 Å². The van der Waals surface area contributed by atoms with Crippen molar-refractivity contribution in [3.05, 3.63) is 64.7 Å². The van der Waals surface area contributed by atoms with Gasteiger partial charge in [-0.3, -0.25) is 4.79 Å². The van der Waals surface area contributed by atoms with Crippen LogP contribution in [-0.2, 0) is 16.0 Å². The Kier molecular flexibility index (Phi) is 7.09. The minimum Gasteiger partial charge on any atom is -0.465 e. The van der Waals surface area contributed by atoms with Crippen LogP contribution in [0.2, 0.25) is 5.02 Å². The molecule has 128 valence electrons. The molecule has 2 N–H and O–H groups in total. The van der Waals surface area contributed by atoms with Crippen molar-refractivity contribution in [3.8, 4) is 0 Å². The zero-order valence-electron chi connectivity index (χ0n) is 13.7. The van der Waals surface area contributed by atoms with E-state index in [4.69, 9.17) is 16.3 Å². The second-order valence-corrected chi connectivity index (χ2v) is 5.90. The van der Waals surface area contributed by atoms with Crippen molar-refractivity contribution < 1.29 is 14.6 Å². The van der Waals surface area contributed by atoms with Crippen molar-refractivity contribution >= 4 is 23.3 Å². The van der Waals surface area contributed by atoms with E-state index in [1.807, 2.05) is 48.5 Å². The van der Waals surface area contributed by atoms with E-state index >= 15 is 0 Å². The van der Waals surface area contributed by atoms with Gasteiger partial charge >= 0.3 is 5.97 Å².